The second-order valence-electron chi connectivity index (χ2n) is 7.84. The van der Waals surface area contributed by atoms with Gasteiger partial charge in [-0.15, -0.1) is 0 Å². The highest BCUT2D eigenvalue weighted by Gasteiger charge is 2.24. The maximum Gasteiger partial charge on any atom is 0.0732 e. The van der Waals surface area contributed by atoms with E-state index < -0.39 is 7.92 Å². The van der Waals surface area contributed by atoms with Crippen molar-refractivity contribution in [2.45, 2.75) is 20.8 Å². The average Bonchev–Trinajstić information content (AvgIpc) is 3.10. The van der Waals surface area contributed by atoms with Crippen molar-refractivity contribution in [3.05, 3.63) is 84.7 Å². The lowest BCUT2D eigenvalue weighted by molar-refractivity contribution is 0.586. The Balaban J connectivity index is 1.93. The van der Waals surface area contributed by atoms with Gasteiger partial charge in [0, 0.05) is 24.8 Å². The molecule has 0 radical (unpaired) electrons. The van der Waals surface area contributed by atoms with Crippen LogP contribution in [0.2, 0.25) is 0 Å². The van der Waals surface area contributed by atoms with Crippen LogP contribution in [0.25, 0.3) is 0 Å². The lowest BCUT2D eigenvalue weighted by atomic mass is 9.91. The van der Waals surface area contributed by atoms with Crippen LogP contribution in [0, 0.1) is 5.41 Å². The molecule has 0 spiro atoms. The number of rotatable bonds is 6. The van der Waals surface area contributed by atoms with Crippen LogP contribution in [0.3, 0.4) is 0 Å². The summed E-state index contributed by atoms with van der Waals surface area (Å²) < 4.78 is 2.04. The van der Waals surface area contributed by atoms with E-state index in [1.54, 1.807) is 0 Å². The summed E-state index contributed by atoms with van der Waals surface area (Å²) in [5.74, 6) is 0. The largest absolute Gasteiger partial charge is 0.350 e. The van der Waals surface area contributed by atoms with Crippen molar-refractivity contribution < 1.29 is 0 Å². The second kappa shape index (κ2) is 9.12. The van der Waals surface area contributed by atoms with E-state index in [-0.39, 0.29) is 5.41 Å². The number of nitrogens with zero attached hydrogens (tertiary/aromatic N) is 3. The first-order chi connectivity index (χ1) is 13.4. The van der Waals surface area contributed by atoms with Crippen LogP contribution in [0.1, 0.15) is 26.5 Å². The number of benzene rings is 2. The molecule has 1 heterocycles. The Labute approximate surface area is 169 Å². The van der Waals surface area contributed by atoms with Crippen molar-refractivity contribution in [1.29, 1.82) is 0 Å². The maximum atomic E-state index is 4.69. The molecular formula is C24H28N3P. The standard InChI is InChI=1S/C24H28N3P/c1-24(2,3)23(26-25-18-20-12-11-17-27(20)4)19-28(21-13-7-5-8-14-21)22-15-9-6-10-16-22/h5-18H,19H2,1-4H3/b25-18+,26-23+. The number of hydrogen-bond acceptors (Lipinski definition) is 2. The molecule has 2 aromatic carbocycles. The van der Waals surface area contributed by atoms with E-state index in [1.807, 2.05) is 36.2 Å². The lowest BCUT2D eigenvalue weighted by Gasteiger charge is -2.26. The van der Waals surface area contributed by atoms with Gasteiger partial charge in [0.2, 0.25) is 0 Å². The molecule has 3 aromatic rings. The summed E-state index contributed by atoms with van der Waals surface area (Å²) in [7, 11) is 1.48. The fourth-order valence-corrected chi connectivity index (χ4v) is 5.45. The quantitative estimate of drug-likeness (QED) is 0.323. The van der Waals surface area contributed by atoms with Crippen LogP contribution in [-0.4, -0.2) is 22.7 Å². The molecule has 0 aliphatic carbocycles. The summed E-state index contributed by atoms with van der Waals surface area (Å²) in [6, 6.07) is 25.6. The molecule has 4 heteroatoms. The molecule has 0 amide bonds. The third kappa shape index (κ3) is 5.27. The van der Waals surface area contributed by atoms with Gasteiger partial charge in [-0.25, -0.2) is 0 Å². The van der Waals surface area contributed by atoms with Crippen molar-refractivity contribution in [3.8, 4) is 0 Å². The van der Waals surface area contributed by atoms with Crippen molar-refractivity contribution in [3.63, 3.8) is 0 Å². The first-order valence-electron chi connectivity index (χ1n) is 9.54. The van der Waals surface area contributed by atoms with Crippen LogP contribution in [0.4, 0.5) is 0 Å². The molecule has 0 bridgehead atoms. The van der Waals surface area contributed by atoms with Gasteiger partial charge in [-0.3, -0.25) is 0 Å². The monoisotopic (exact) mass is 389 g/mol. The molecule has 0 atom stereocenters. The van der Waals surface area contributed by atoms with E-state index in [2.05, 4.69) is 86.5 Å². The normalized spacial score (nSPS) is 12.8. The number of aryl methyl sites for hydroxylation is 1. The van der Waals surface area contributed by atoms with Crippen molar-refractivity contribution in [1.82, 2.24) is 4.57 Å². The zero-order valence-corrected chi connectivity index (χ0v) is 18.0. The van der Waals surface area contributed by atoms with Gasteiger partial charge in [-0.2, -0.15) is 10.2 Å². The summed E-state index contributed by atoms with van der Waals surface area (Å²) in [4.78, 5) is 0. The Kier molecular flexibility index (Phi) is 6.59. The minimum atomic E-state index is -0.532. The third-order valence-electron chi connectivity index (χ3n) is 4.66. The molecule has 144 valence electrons. The summed E-state index contributed by atoms with van der Waals surface area (Å²) >= 11 is 0. The molecule has 0 unspecified atom stereocenters. The summed E-state index contributed by atoms with van der Waals surface area (Å²) in [5.41, 5.74) is 2.12. The molecule has 0 saturated carbocycles. The predicted octanol–water partition coefficient (Wildman–Crippen LogP) is 4.98. The van der Waals surface area contributed by atoms with Crippen molar-refractivity contribution >= 4 is 30.5 Å². The fourth-order valence-electron chi connectivity index (χ4n) is 2.88. The fraction of sp³-hybridized carbons (Fsp3) is 0.250. The van der Waals surface area contributed by atoms with Gasteiger partial charge >= 0.3 is 0 Å². The first kappa shape index (κ1) is 20.2. The highest BCUT2D eigenvalue weighted by Crippen LogP contribution is 2.36. The minimum absolute atomic E-state index is 0.0459. The predicted molar refractivity (Wildman–Crippen MR) is 124 cm³/mol. The van der Waals surface area contributed by atoms with Crippen LogP contribution in [-0.2, 0) is 7.05 Å². The van der Waals surface area contributed by atoms with E-state index in [0.29, 0.717) is 0 Å². The SMILES string of the molecule is Cn1cccc1/C=N/N=C(\CP(c1ccccc1)c1ccccc1)C(C)(C)C. The third-order valence-corrected chi connectivity index (χ3v) is 7.12. The topological polar surface area (TPSA) is 29.6 Å². The Morgan fingerprint density at radius 3 is 1.93 bits per heavy atom. The highest BCUT2D eigenvalue weighted by atomic mass is 31.1. The smallest absolute Gasteiger partial charge is 0.0732 e. The molecule has 3 rings (SSSR count). The minimum Gasteiger partial charge on any atom is -0.350 e. The van der Waals surface area contributed by atoms with E-state index in [9.17, 15) is 0 Å². The molecular weight excluding hydrogens is 361 g/mol. The van der Waals surface area contributed by atoms with Gasteiger partial charge in [-0.05, 0) is 30.7 Å². The first-order valence-corrected chi connectivity index (χ1v) is 11.1. The summed E-state index contributed by atoms with van der Waals surface area (Å²) in [6.07, 6.45) is 4.75. The van der Waals surface area contributed by atoms with E-state index in [1.165, 1.54) is 10.6 Å². The van der Waals surface area contributed by atoms with Gasteiger partial charge in [0.25, 0.3) is 0 Å². The lowest BCUT2D eigenvalue weighted by Crippen LogP contribution is -2.27. The Morgan fingerprint density at radius 2 is 1.46 bits per heavy atom. The Morgan fingerprint density at radius 1 is 0.893 bits per heavy atom. The second-order valence-corrected chi connectivity index (χ2v) is 10.0. The molecule has 3 nitrogen and oxygen atoms in total. The summed E-state index contributed by atoms with van der Waals surface area (Å²) in [5, 5.41) is 11.9. The van der Waals surface area contributed by atoms with Gasteiger partial charge in [-0.1, -0.05) is 81.4 Å². The average molecular weight is 389 g/mol. The Hall–Kier alpha value is -2.51. The van der Waals surface area contributed by atoms with E-state index in [0.717, 1.165) is 17.6 Å². The Bertz CT molecular complexity index is 895. The van der Waals surface area contributed by atoms with Crippen LogP contribution >= 0.6 is 7.92 Å². The zero-order chi connectivity index (χ0) is 20.0. The van der Waals surface area contributed by atoms with Crippen molar-refractivity contribution in [2.75, 3.05) is 6.16 Å². The van der Waals surface area contributed by atoms with Gasteiger partial charge in [0.15, 0.2) is 0 Å². The number of aromatic nitrogens is 1. The molecule has 0 aliphatic heterocycles. The van der Waals surface area contributed by atoms with Gasteiger partial charge < -0.3 is 4.57 Å². The summed E-state index contributed by atoms with van der Waals surface area (Å²) in [6.45, 7) is 6.65. The molecule has 0 aliphatic rings. The van der Waals surface area contributed by atoms with E-state index >= 15 is 0 Å². The van der Waals surface area contributed by atoms with Crippen LogP contribution < -0.4 is 10.6 Å². The molecule has 1 aromatic heterocycles. The van der Waals surface area contributed by atoms with E-state index in [4.69, 9.17) is 5.10 Å². The maximum absolute atomic E-state index is 4.69. The zero-order valence-electron chi connectivity index (χ0n) is 17.1. The van der Waals surface area contributed by atoms with Crippen molar-refractivity contribution in [2.24, 2.45) is 22.7 Å². The molecule has 28 heavy (non-hydrogen) atoms. The molecule has 0 N–H and O–H groups in total. The highest BCUT2D eigenvalue weighted by molar-refractivity contribution is 7.73. The molecule has 0 fully saturated rings. The number of hydrogen-bond donors (Lipinski definition) is 0. The van der Waals surface area contributed by atoms with Gasteiger partial charge in [0.05, 0.1) is 17.6 Å². The van der Waals surface area contributed by atoms with Crippen LogP contribution in [0.5, 0.6) is 0 Å². The van der Waals surface area contributed by atoms with Crippen LogP contribution in [0.15, 0.2) is 89.2 Å². The molecule has 0 saturated heterocycles. The van der Waals surface area contributed by atoms with Gasteiger partial charge in [0.1, 0.15) is 0 Å².